The zero-order valence-corrected chi connectivity index (χ0v) is 28.5. The predicted octanol–water partition coefficient (Wildman–Crippen LogP) is 8.73. The SMILES string of the molecule is CC(C)c1ccc2c(c1)CC[C@H]1[C@](C)(CNC(=S)N[C@@H]3CCCC[C@H]3P(c3ccccc3)c3ccccc3)CCC[C@]21C. The van der Waals surface area contributed by atoms with Gasteiger partial charge in [-0.3, -0.25) is 0 Å². The van der Waals surface area contributed by atoms with Gasteiger partial charge in [0.1, 0.15) is 0 Å². The summed E-state index contributed by atoms with van der Waals surface area (Å²) in [4.78, 5) is 0. The number of hydrogen-bond acceptors (Lipinski definition) is 1. The van der Waals surface area contributed by atoms with Crippen LogP contribution in [0.5, 0.6) is 0 Å². The van der Waals surface area contributed by atoms with Crippen molar-refractivity contribution in [2.45, 2.75) is 109 Å². The lowest BCUT2D eigenvalue weighted by Crippen LogP contribution is -2.55. The third-order valence-electron chi connectivity index (χ3n) is 11.3. The fourth-order valence-electron chi connectivity index (χ4n) is 9.01. The average molecular weight is 611 g/mol. The Labute approximate surface area is 267 Å². The summed E-state index contributed by atoms with van der Waals surface area (Å²) in [6.07, 6.45) is 11.4. The van der Waals surface area contributed by atoms with Gasteiger partial charge in [-0.25, -0.2) is 0 Å². The van der Waals surface area contributed by atoms with Gasteiger partial charge in [0, 0.05) is 18.2 Å². The molecule has 0 spiro atoms. The molecule has 43 heavy (non-hydrogen) atoms. The Bertz CT molecular complexity index is 1350. The summed E-state index contributed by atoms with van der Waals surface area (Å²) in [5, 5.41) is 11.5. The summed E-state index contributed by atoms with van der Waals surface area (Å²) in [6, 6.07) is 30.3. The van der Waals surface area contributed by atoms with Crippen molar-refractivity contribution in [2.75, 3.05) is 6.54 Å². The topological polar surface area (TPSA) is 24.1 Å². The molecule has 0 heterocycles. The van der Waals surface area contributed by atoms with Gasteiger partial charge in [-0.2, -0.15) is 0 Å². The van der Waals surface area contributed by atoms with Crippen LogP contribution in [-0.4, -0.2) is 23.4 Å². The van der Waals surface area contributed by atoms with E-state index in [0.717, 1.165) is 11.7 Å². The Balaban J connectivity index is 1.16. The monoisotopic (exact) mass is 610 g/mol. The van der Waals surface area contributed by atoms with Crippen molar-refractivity contribution in [1.82, 2.24) is 10.6 Å². The second-order valence-electron chi connectivity index (χ2n) is 14.4. The molecule has 0 aromatic heterocycles. The van der Waals surface area contributed by atoms with E-state index in [4.69, 9.17) is 12.2 Å². The normalized spacial score (nSPS) is 28.7. The van der Waals surface area contributed by atoms with Gasteiger partial charge < -0.3 is 10.6 Å². The van der Waals surface area contributed by atoms with Crippen LogP contribution in [0.1, 0.15) is 102 Å². The van der Waals surface area contributed by atoms with Crippen molar-refractivity contribution in [1.29, 1.82) is 0 Å². The van der Waals surface area contributed by atoms with E-state index in [1.165, 1.54) is 74.0 Å². The summed E-state index contributed by atoms with van der Waals surface area (Å²) >= 11 is 6.09. The van der Waals surface area contributed by atoms with Gasteiger partial charge in [-0.1, -0.05) is 126 Å². The first-order valence-electron chi connectivity index (χ1n) is 16.9. The van der Waals surface area contributed by atoms with Crippen molar-refractivity contribution in [3.8, 4) is 0 Å². The summed E-state index contributed by atoms with van der Waals surface area (Å²) in [5.74, 6) is 1.26. The van der Waals surface area contributed by atoms with E-state index in [2.05, 4.69) is 117 Å². The molecule has 4 heteroatoms. The number of benzene rings is 3. The molecule has 2 nitrogen and oxygen atoms in total. The number of aryl methyl sites for hydroxylation is 1. The number of fused-ring (bicyclic) bond motifs is 3. The quantitative estimate of drug-likeness (QED) is 0.207. The molecule has 228 valence electrons. The first-order chi connectivity index (χ1) is 20.8. The van der Waals surface area contributed by atoms with E-state index in [1.807, 2.05) is 0 Å². The second kappa shape index (κ2) is 13.0. The summed E-state index contributed by atoms with van der Waals surface area (Å²) in [6.45, 7) is 10.7. The lowest BCUT2D eigenvalue weighted by Gasteiger charge is -2.55. The predicted molar refractivity (Wildman–Crippen MR) is 191 cm³/mol. The third kappa shape index (κ3) is 6.32. The second-order valence-corrected chi connectivity index (χ2v) is 17.3. The number of hydrogen-bond donors (Lipinski definition) is 2. The lowest BCUT2D eigenvalue weighted by atomic mass is 9.49. The Morgan fingerprint density at radius 3 is 2.21 bits per heavy atom. The van der Waals surface area contributed by atoms with Crippen molar-refractivity contribution in [3.05, 3.63) is 95.6 Å². The van der Waals surface area contributed by atoms with Crippen LogP contribution in [-0.2, 0) is 11.8 Å². The minimum Gasteiger partial charge on any atom is -0.362 e. The minimum absolute atomic E-state index is 0.236. The van der Waals surface area contributed by atoms with Gasteiger partial charge in [0.25, 0.3) is 0 Å². The van der Waals surface area contributed by atoms with Crippen LogP contribution in [0, 0.1) is 11.3 Å². The Morgan fingerprint density at radius 2 is 1.53 bits per heavy atom. The van der Waals surface area contributed by atoms with Crippen molar-refractivity contribution < 1.29 is 0 Å². The van der Waals surface area contributed by atoms with E-state index in [-0.39, 0.29) is 10.8 Å². The molecule has 0 aliphatic heterocycles. The third-order valence-corrected chi connectivity index (χ3v) is 14.5. The van der Waals surface area contributed by atoms with Crippen LogP contribution in [0.4, 0.5) is 0 Å². The molecule has 2 N–H and O–H groups in total. The van der Waals surface area contributed by atoms with Gasteiger partial charge >= 0.3 is 0 Å². The molecule has 0 saturated heterocycles. The molecule has 0 radical (unpaired) electrons. The van der Waals surface area contributed by atoms with Gasteiger partial charge in [0.05, 0.1) is 0 Å². The number of thiocarbonyl (C=S) groups is 1. The maximum atomic E-state index is 6.09. The zero-order valence-electron chi connectivity index (χ0n) is 26.7. The molecule has 5 atom stereocenters. The fraction of sp³-hybridized carbons (Fsp3) is 0.513. The Kier molecular flexibility index (Phi) is 9.32. The van der Waals surface area contributed by atoms with Crippen LogP contribution >= 0.6 is 20.1 Å². The molecule has 0 amide bonds. The summed E-state index contributed by atoms with van der Waals surface area (Å²) in [7, 11) is -0.469. The Hall–Kier alpha value is -2.22. The van der Waals surface area contributed by atoms with Gasteiger partial charge in [0.15, 0.2) is 5.11 Å². The van der Waals surface area contributed by atoms with Crippen LogP contribution in [0.3, 0.4) is 0 Å². The van der Waals surface area contributed by atoms with Crippen LogP contribution in [0.2, 0.25) is 0 Å². The van der Waals surface area contributed by atoms with E-state index < -0.39 is 7.92 Å². The number of rotatable bonds is 7. The Morgan fingerprint density at radius 1 is 0.860 bits per heavy atom. The van der Waals surface area contributed by atoms with Gasteiger partial charge in [-0.15, -0.1) is 0 Å². The smallest absolute Gasteiger partial charge is 0.166 e. The maximum absolute atomic E-state index is 6.09. The molecule has 3 aliphatic carbocycles. The highest BCUT2D eigenvalue weighted by Crippen LogP contribution is 2.57. The molecular formula is C39H51N2PS. The van der Waals surface area contributed by atoms with Gasteiger partial charge in [0.2, 0.25) is 0 Å². The molecule has 2 fully saturated rings. The molecule has 3 aromatic rings. The van der Waals surface area contributed by atoms with Crippen LogP contribution in [0.25, 0.3) is 0 Å². The summed E-state index contributed by atoms with van der Waals surface area (Å²) < 4.78 is 0. The molecule has 6 rings (SSSR count). The first-order valence-corrected chi connectivity index (χ1v) is 18.7. The maximum Gasteiger partial charge on any atom is 0.166 e. The van der Waals surface area contributed by atoms with Crippen molar-refractivity contribution in [3.63, 3.8) is 0 Å². The number of nitrogens with one attached hydrogen (secondary N) is 2. The minimum atomic E-state index is -0.469. The van der Waals surface area contributed by atoms with Gasteiger partial charge in [-0.05, 0) is 109 Å². The molecule has 0 unspecified atom stereocenters. The van der Waals surface area contributed by atoms with Crippen LogP contribution in [0.15, 0.2) is 78.9 Å². The average Bonchev–Trinajstić information content (AvgIpc) is 3.02. The highest BCUT2D eigenvalue weighted by atomic mass is 32.1. The molecule has 3 aliphatic rings. The van der Waals surface area contributed by atoms with E-state index in [1.54, 1.807) is 11.1 Å². The van der Waals surface area contributed by atoms with Crippen molar-refractivity contribution in [2.24, 2.45) is 11.3 Å². The molecular weight excluding hydrogens is 559 g/mol. The fourth-order valence-corrected chi connectivity index (χ4v) is 12.3. The molecule has 2 saturated carbocycles. The van der Waals surface area contributed by atoms with Crippen molar-refractivity contribution >= 4 is 35.9 Å². The van der Waals surface area contributed by atoms with E-state index >= 15 is 0 Å². The van der Waals surface area contributed by atoms with Crippen LogP contribution < -0.4 is 21.2 Å². The lowest BCUT2D eigenvalue weighted by molar-refractivity contribution is 0.0292. The largest absolute Gasteiger partial charge is 0.362 e. The summed E-state index contributed by atoms with van der Waals surface area (Å²) in [5.41, 5.74) is 5.78. The molecule has 0 bridgehead atoms. The highest BCUT2D eigenvalue weighted by Gasteiger charge is 2.51. The standard InChI is InChI=1S/C39H51N2PS/c1-28(2)29-20-22-33-30(26-29)21-23-36-38(3,24-13-25-39(33,36)4)27-40-37(43)41-34-18-11-12-19-35(34)42(31-14-7-5-8-15-31)32-16-9-6-10-17-32/h5-10,14-17,20,22,26,28,34-36H,11-13,18-19,21,23-25,27H2,1-4H3,(H2,40,41,43)/t34-,35-,36+,38+,39-/m1/s1. The zero-order chi connectivity index (χ0) is 30.0. The van der Waals surface area contributed by atoms with E-state index in [9.17, 15) is 0 Å². The highest BCUT2D eigenvalue weighted by molar-refractivity contribution is 7.80. The molecule has 3 aromatic carbocycles. The first kappa shape index (κ1) is 30.8. The van der Waals surface area contributed by atoms with E-state index in [0.29, 0.717) is 23.5 Å².